The molecule has 74 valence electrons. The lowest BCUT2D eigenvalue weighted by atomic mass is 9.95. The highest BCUT2D eigenvalue weighted by molar-refractivity contribution is 5.44. The molecular formula is C13H17N. The molecular weight excluding hydrogens is 170 g/mol. The Morgan fingerprint density at radius 1 is 1.00 bits per heavy atom. The molecule has 2 fully saturated rings. The molecule has 0 saturated heterocycles. The summed E-state index contributed by atoms with van der Waals surface area (Å²) >= 11 is 0. The third kappa shape index (κ3) is 1.41. The van der Waals surface area contributed by atoms with E-state index in [1.165, 1.54) is 31.4 Å². The minimum Gasteiger partial charge on any atom is -0.382 e. The molecule has 2 saturated carbocycles. The fourth-order valence-electron chi connectivity index (χ4n) is 3.17. The summed E-state index contributed by atoms with van der Waals surface area (Å²) in [4.78, 5) is 0. The molecule has 0 unspecified atom stereocenters. The summed E-state index contributed by atoms with van der Waals surface area (Å²) in [6.45, 7) is 0. The van der Waals surface area contributed by atoms with Crippen molar-refractivity contribution in [2.24, 2.45) is 11.8 Å². The predicted octanol–water partition coefficient (Wildman–Crippen LogP) is 3.29. The van der Waals surface area contributed by atoms with E-state index in [9.17, 15) is 0 Å². The predicted molar refractivity (Wildman–Crippen MR) is 59.3 cm³/mol. The zero-order valence-electron chi connectivity index (χ0n) is 8.45. The topological polar surface area (TPSA) is 12.0 Å². The van der Waals surface area contributed by atoms with Gasteiger partial charge in [-0.25, -0.2) is 0 Å². The van der Waals surface area contributed by atoms with Gasteiger partial charge in [0.05, 0.1) is 0 Å². The number of rotatable bonds is 2. The van der Waals surface area contributed by atoms with E-state index in [1.807, 2.05) is 0 Å². The molecule has 0 radical (unpaired) electrons. The van der Waals surface area contributed by atoms with Gasteiger partial charge in [0.1, 0.15) is 0 Å². The van der Waals surface area contributed by atoms with E-state index in [0.717, 1.165) is 17.9 Å². The molecule has 1 nitrogen and oxygen atoms in total. The largest absolute Gasteiger partial charge is 0.382 e. The summed E-state index contributed by atoms with van der Waals surface area (Å²) in [7, 11) is 0. The fourth-order valence-corrected chi connectivity index (χ4v) is 3.17. The number of benzene rings is 1. The van der Waals surface area contributed by atoms with Crippen LogP contribution in [-0.4, -0.2) is 6.04 Å². The van der Waals surface area contributed by atoms with E-state index >= 15 is 0 Å². The third-order valence-corrected chi connectivity index (χ3v) is 3.86. The van der Waals surface area contributed by atoms with Gasteiger partial charge in [-0.05, 0) is 43.2 Å². The Balaban J connectivity index is 1.69. The molecule has 2 bridgehead atoms. The van der Waals surface area contributed by atoms with Crippen molar-refractivity contribution in [3.8, 4) is 0 Å². The van der Waals surface area contributed by atoms with Gasteiger partial charge >= 0.3 is 0 Å². The van der Waals surface area contributed by atoms with E-state index < -0.39 is 0 Å². The van der Waals surface area contributed by atoms with Gasteiger partial charge in [-0.15, -0.1) is 0 Å². The molecule has 3 rings (SSSR count). The normalized spacial score (nSPS) is 34.7. The molecule has 0 aliphatic heterocycles. The molecule has 0 heterocycles. The van der Waals surface area contributed by atoms with Crippen LogP contribution in [0.2, 0.25) is 0 Å². The molecule has 1 N–H and O–H groups in total. The summed E-state index contributed by atoms with van der Waals surface area (Å²) in [6.07, 6.45) is 5.82. The number of anilines is 1. The molecule has 3 atom stereocenters. The Hall–Kier alpha value is -0.980. The van der Waals surface area contributed by atoms with Crippen molar-refractivity contribution < 1.29 is 0 Å². The number of hydrogen-bond acceptors (Lipinski definition) is 1. The molecule has 1 aromatic rings. The Kier molecular flexibility index (Phi) is 1.97. The van der Waals surface area contributed by atoms with Crippen molar-refractivity contribution >= 4 is 5.69 Å². The van der Waals surface area contributed by atoms with Crippen molar-refractivity contribution in [1.82, 2.24) is 0 Å². The summed E-state index contributed by atoms with van der Waals surface area (Å²) < 4.78 is 0. The zero-order valence-corrected chi connectivity index (χ0v) is 8.45. The van der Waals surface area contributed by atoms with Crippen LogP contribution in [0.25, 0.3) is 0 Å². The van der Waals surface area contributed by atoms with Crippen LogP contribution in [0.5, 0.6) is 0 Å². The molecule has 0 amide bonds. The van der Waals surface area contributed by atoms with Crippen LogP contribution in [0.3, 0.4) is 0 Å². The number of nitrogens with one attached hydrogen (secondary N) is 1. The minimum absolute atomic E-state index is 0.760. The van der Waals surface area contributed by atoms with Gasteiger partial charge in [0.2, 0.25) is 0 Å². The maximum Gasteiger partial charge on any atom is 0.0342 e. The first-order valence-electron chi connectivity index (χ1n) is 5.73. The molecule has 14 heavy (non-hydrogen) atoms. The maximum atomic E-state index is 3.67. The van der Waals surface area contributed by atoms with Gasteiger partial charge in [0.15, 0.2) is 0 Å². The van der Waals surface area contributed by atoms with Gasteiger partial charge in [-0.2, -0.15) is 0 Å². The number of para-hydroxylation sites is 1. The lowest BCUT2D eigenvalue weighted by Gasteiger charge is -2.23. The lowest BCUT2D eigenvalue weighted by Crippen LogP contribution is -2.25. The van der Waals surface area contributed by atoms with Crippen LogP contribution < -0.4 is 5.32 Å². The van der Waals surface area contributed by atoms with Crippen molar-refractivity contribution in [3.05, 3.63) is 30.3 Å². The van der Waals surface area contributed by atoms with Crippen molar-refractivity contribution in [1.29, 1.82) is 0 Å². The Morgan fingerprint density at radius 2 is 1.86 bits per heavy atom. The Morgan fingerprint density at radius 3 is 2.50 bits per heavy atom. The molecule has 1 aromatic carbocycles. The van der Waals surface area contributed by atoms with E-state index in [0.29, 0.717) is 0 Å². The Bertz CT molecular complexity index is 306. The van der Waals surface area contributed by atoms with Crippen molar-refractivity contribution in [2.75, 3.05) is 5.32 Å². The SMILES string of the molecule is c1ccc(N[C@H]2C[C@H]3CC[C@H]2C3)cc1. The first-order chi connectivity index (χ1) is 6.92. The maximum absolute atomic E-state index is 3.67. The minimum atomic E-state index is 0.760. The van der Waals surface area contributed by atoms with E-state index in [-0.39, 0.29) is 0 Å². The van der Waals surface area contributed by atoms with Crippen molar-refractivity contribution in [2.45, 2.75) is 31.7 Å². The van der Waals surface area contributed by atoms with Gasteiger partial charge < -0.3 is 5.32 Å². The van der Waals surface area contributed by atoms with Crippen LogP contribution >= 0.6 is 0 Å². The second-order valence-electron chi connectivity index (χ2n) is 4.79. The molecule has 2 aliphatic carbocycles. The first-order valence-corrected chi connectivity index (χ1v) is 5.73. The summed E-state index contributed by atoms with van der Waals surface area (Å²) in [6, 6.07) is 11.4. The molecule has 1 heteroatoms. The van der Waals surface area contributed by atoms with Crippen LogP contribution in [-0.2, 0) is 0 Å². The fraction of sp³-hybridized carbons (Fsp3) is 0.538. The van der Waals surface area contributed by atoms with E-state index in [1.54, 1.807) is 0 Å². The van der Waals surface area contributed by atoms with Crippen LogP contribution in [0, 0.1) is 11.8 Å². The molecule has 0 aromatic heterocycles. The quantitative estimate of drug-likeness (QED) is 0.749. The second-order valence-corrected chi connectivity index (χ2v) is 4.79. The highest BCUT2D eigenvalue weighted by atomic mass is 14.9. The average molecular weight is 187 g/mol. The highest BCUT2D eigenvalue weighted by Crippen LogP contribution is 2.45. The standard InChI is InChI=1S/C13H17N/c1-2-4-12(5-3-1)14-13-9-10-6-7-11(13)8-10/h1-5,10-11,13-14H,6-9H2/t10-,11-,13-/m0/s1. The van der Waals surface area contributed by atoms with Crippen LogP contribution in [0.1, 0.15) is 25.7 Å². The zero-order chi connectivity index (χ0) is 9.38. The summed E-state index contributed by atoms with van der Waals surface area (Å²) in [5, 5.41) is 3.67. The number of hydrogen-bond donors (Lipinski definition) is 1. The van der Waals surface area contributed by atoms with Crippen LogP contribution in [0.15, 0.2) is 30.3 Å². The smallest absolute Gasteiger partial charge is 0.0342 e. The van der Waals surface area contributed by atoms with E-state index in [4.69, 9.17) is 0 Å². The molecule has 2 aliphatic rings. The average Bonchev–Trinajstić information content (AvgIpc) is 2.81. The van der Waals surface area contributed by atoms with E-state index in [2.05, 4.69) is 35.6 Å². The van der Waals surface area contributed by atoms with Gasteiger partial charge in [0.25, 0.3) is 0 Å². The lowest BCUT2D eigenvalue weighted by molar-refractivity contribution is 0.440. The number of fused-ring (bicyclic) bond motifs is 2. The van der Waals surface area contributed by atoms with Gasteiger partial charge in [-0.1, -0.05) is 24.6 Å². The van der Waals surface area contributed by atoms with Crippen LogP contribution in [0.4, 0.5) is 5.69 Å². The third-order valence-electron chi connectivity index (χ3n) is 3.86. The van der Waals surface area contributed by atoms with Crippen molar-refractivity contribution in [3.63, 3.8) is 0 Å². The molecule has 0 spiro atoms. The van der Waals surface area contributed by atoms with Gasteiger partial charge in [-0.3, -0.25) is 0 Å². The monoisotopic (exact) mass is 187 g/mol. The Labute approximate surface area is 85.5 Å². The second kappa shape index (κ2) is 3.30. The first kappa shape index (κ1) is 8.34. The highest BCUT2D eigenvalue weighted by Gasteiger charge is 2.39. The summed E-state index contributed by atoms with van der Waals surface area (Å²) in [5.74, 6) is 1.99. The summed E-state index contributed by atoms with van der Waals surface area (Å²) in [5.41, 5.74) is 1.30. The van der Waals surface area contributed by atoms with Gasteiger partial charge in [0, 0.05) is 11.7 Å².